The van der Waals surface area contributed by atoms with Crippen LogP contribution >= 0.6 is 0 Å². The van der Waals surface area contributed by atoms with E-state index in [0.29, 0.717) is 17.3 Å². The van der Waals surface area contributed by atoms with Crippen molar-refractivity contribution in [2.75, 3.05) is 33.4 Å². The van der Waals surface area contributed by atoms with E-state index >= 15 is 0 Å². The third-order valence-corrected chi connectivity index (χ3v) is 8.75. The van der Waals surface area contributed by atoms with Crippen molar-refractivity contribution in [3.8, 4) is 16.9 Å². The van der Waals surface area contributed by atoms with Crippen LogP contribution in [0, 0.1) is 0 Å². The number of carboxylic acid groups (broad SMARTS) is 1. The number of carbonyl (C=O) groups excluding carboxylic acids is 1. The number of aromatic hydroxyl groups is 1. The van der Waals surface area contributed by atoms with E-state index in [0.717, 1.165) is 49.5 Å². The molecule has 1 aromatic heterocycles. The van der Waals surface area contributed by atoms with Gasteiger partial charge >= 0.3 is 201 Å². The van der Waals surface area contributed by atoms with Crippen LogP contribution < -0.4 is 26.9 Å². The molecule has 1 saturated heterocycles. The van der Waals surface area contributed by atoms with Gasteiger partial charge in [-0.3, -0.25) is 4.90 Å². The molecule has 4 aromatic rings. The molecular weight excluding hydrogens is 637 g/mol. The predicted molar refractivity (Wildman–Crippen MR) is 150 cm³/mol. The number of benzene rings is 3. The van der Waals surface area contributed by atoms with Gasteiger partial charge in [0.05, 0.1) is 13.2 Å². The first-order valence-corrected chi connectivity index (χ1v) is 15.3. The van der Waals surface area contributed by atoms with Crippen molar-refractivity contribution in [1.82, 2.24) is 15.2 Å². The molecule has 0 aliphatic carbocycles. The fourth-order valence-electron chi connectivity index (χ4n) is 4.83. The Morgan fingerprint density at radius 1 is 1.02 bits per heavy atom. The number of rotatable bonds is 10. The number of aromatic carboxylic acids is 1. The first-order valence-electron chi connectivity index (χ1n) is 13.2. The van der Waals surface area contributed by atoms with Gasteiger partial charge < -0.3 is 4.74 Å². The number of morpholine rings is 1. The number of phenolic OH excluding ortho intramolecular Hbond substituents is 1. The quantitative estimate of drug-likeness (QED) is 0.131. The van der Waals surface area contributed by atoms with Crippen LogP contribution in [0.1, 0.15) is 32.0 Å². The summed E-state index contributed by atoms with van der Waals surface area (Å²) in [5.41, 5.74) is 4.45. The molecular formula is C31H31IN3O6-. The van der Waals surface area contributed by atoms with Crippen LogP contribution in [0.5, 0.6) is 5.75 Å². The molecule has 1 aliphatic heterocycles. The normalized spacial score (nSPS) is 14.7. The number of carboxylic acids is 1. The Bertz CT molecular complexity index is 1540. The van der Waals surface area contributed by atoms with E-state index in [9.17, 15) is 19.8 Å². The molecule has 0 radical (unpaired) electrons. The van der Waals surface area contributed by atoms with Gasteiger partial charge in [-0.05, 0) is 0 Å². The summed E-state index contributed by atoms with van der Waals surface area (Å²) in [6, 6.07) is 21.8. The Balaban J connectivity index is 1.39. The summed E-state index contributed by atoms with van der Waals surface area (Å²) in [6.45, 7) is 4.10. The Morgan fingerprint density at radius 3 is 2.51 bits per heavy atom. The minimum atomic E-state index is -1.13. The third kappa shape index (κ3) is 7.39. The number of pyridine rings is 1. The van der Waals surface area contributed by atoms with Crippen LogP contribution in [0.4, 0.5) is 0 Å². The Hall–Kier alpha value is -3.58. The number of nitrogens with zero attached hydrogens (tertiary/aromatic N) is 2. The van der Waals surface area contributed by atoms with Crippen molar-refractivity contribution in [3.63, 3.8) is 0 Å². The summed E-state index contributed by atoms with van der Waals surface area (Å²) >= 11 is -0.841. The van der Waals surface area contributed by atoms with E-state index in [-0.39, 0.29) is 21.1 Å². The van der Waals surface area contributed by atoms with E-state index in [1.54, 1.807) is 37.4 Å². The number of hydrogen-bond donors (Lipinski definition) is 3. The van der Waals surface area contributed by atoms with Crippen LogP contribution in [0.15, 0.2) is 72.8 Å². The molecule has 41 heavy (non-hydrogen) atoms. The number of amides is 1. The van der Waals surface area contributed by atoms with E-state index in [4.69, 9.17) is 7.80 Å². The van der Waals surface area contributed by atoms with Crippen molar-refractivity contribution < 1.29 is 49.2 Å². The number of aromatic nitrogens is 1. The molecule has 2 heterocycles. The summed E-state index contributed by atoms with van der Waals surface area (Å²) in [4.78, 5) is 32.4. The van der Waals surface area contributed by atoms with Crippen LogP contribution in [-0.4, -0.2) is 69.4 Å². The zero-order valence-electron chi connectivity index (χ0n) is 22.5. The maximum atomic E-state index is 13.2. The van der Waals surface area contributed by atoms with Crippen molar-refractivity contribution in [3.05, 3.63) is 95.2 Å². The van der Waals surface area contributed by atoms with E-state index < -0.39 is 33.5 Å². The number of phenols is 1. The zero-order chi connectivity index (χ0) is 28.8. The Morgan fingerprint density at radius 2 is 1.78 bits per heavy atom. The van der Waals surface area contributed by atoms with Crippen LogP contribution in [-0.2, 0) is 20.8 Å². The summed E-state index contributed by atoms with van der Waals surface area (Å²) in [5.74, 6) is -1.43. The molecule has 0 spiro atoms. The summed E-state index contributed by atoms with van der Waals surface area (Å²) < 4.78 is 10.6. The number of ether oxygens (including phenoxy) is 1. The fraction of sp³-hybridized carbons (Fsp3) is 0.258. The number of carbonyl (C=O) groups is 2. The molecule has 0 saturated carbocycles. The second-order valence-corrected chi connectivity index (χ2v) is 12.6. The SMILES string of the molecule is CO[I-][C@H](Cc1ccc(O)cc1)NC(=O)c1cc(C(=O)O)c2cc(-c3cccc(CN4CCOCC4)c3)ccc2n1. The standard InChI is InChI=1S/C31H31IN3O6/c1-40-32-29(16-20-5-8-24(36)9-6-20)34-30(37)28-18-26(31(38)39)25-17-23(7-10-27(25)33-28)22-4-2-3-21(15-22)19-35-11-13-41-14-12-35/h2-10,15,17-18,29,36H,11-14,16,19H2,1H3,(H,34,37)(H,38,39)/q-1/t29-/m0/s1. The monoisotopic (exact) mass is 668 g/mol. The molecule has 9 nitrogen and oxygen atoms in total. The molecule has 1 atom stereocenters. The molecule has 10 heteroatoms. The summed E-state index contributed by atoms with van der Waals surface area (Å²) in [6.07, 6.45) is 0.514. The van der Waals surface area contributed by atoms with Crippen molar-refractivity contribution >= 4 is 22.8 Å². The summed E-state index contributed by atoms with van der Waals surface area (Å²) in [7, 11) is 1.59. The van der Waals surface area contributed by atoms with Crippen molar-refractivity contribution in [2.24, 2.45) is 0 Å². The van der Waals surface area contributed by atoms with Gasteiger partial charge in [-0.15, -0.1) is 0 Å². The van der Waals surface area contributed by atoms with Crippen molar-refractivity contribution in [1.29, 1.82) is 0 Å². The van der Waals surface area contributed by atoms with Gasteiger partial charge in [0, 0.05) is 19.6 Å². The maximum absolute atomic E-state index is 13.2. The Labute approximate surface area is 248 Å². The third-order valence-electron chi connectivity index (χ3n) is 6.88. The van der Waals surface area contributed by atoms with Gasteiger partial charge in [-0.1, -0.05) is 6.07 Å². The van der Waals surface area contributed by atoms with E-state index in [1.807, 2.05) is 24.3 Å². The molecule has 1 amide bonds. The second kappa shape index (κ2) is 13.4. The van der Waals surface area contributed by atoms with Gasteiger partial charge in [-0.2, -0.15) is 0 Å². The average molecular weight is 669 g/mol. The zero-order valence-corrected chi connectivity index (χ0v) is 24.7. The fourth-order valence-corrected chi connectivity index (χ4v) is 6.54. The molecule has 0 bridgehead atoms. The van der Waals surface area contributed by atoms with Crippen LogP contribution in [0.2, 0.25) is 0 Å². The Kier molecular flexibility index (Phi) is 9.45. The predicted octanol–water partition coefficient (Wildman–Crippen LogP) is 1.09. The molecule has 214 valence electrons. The number of hydrogen-bond acceptors (Lipinski definition) is 7. The first-order chi connectivity index (χ1) is 19.9. The van der Waals surface area contributed by atoms with Crippen LogP contribution in [0.25, 0.3) is 22.0 Å². The van der Waals surface area contributed by atoms with Crippen molar-refractivity contribution in [2.45, 2.75) is 17.0 Å². The number of nitrogens with one attached hydrogen (secondary N) is 1. The number of halogens is 1. The molecule has 5 rings (SSSR count). The van der Waals surface area contributed by atoms with Gasteiger partial charge in [0.1, 0.15) is 0 Å². The first kappa shape index (κ1) is 28.9. The number of alkyl halides is 1. The van der Waals surface area contributed by atoms with Crippen LogP contribution in [0.3, 0.4) is 0 Å². The summed E-state index contributed by atoms with van der Waals surface area (Å²) in [5, 5.41) is 23.0. The molecule has 0 unspecified atom stereocenters. The molecule has 3 N–H and O–H groups in total. The topological polar surface area (TPSA) is 121 Å². The molecule has 1 fully saturated rings. The minimum absolute atomic E-state index is 0.0167. The average Bonchev–Trinajstić information content (AvgIpc) is 2.98. The number of fused-ring (bicyclic) bond motifs is 1. The molecule has 1 aliphatic rings. The van der Waals surface area contributed by atoms with Gasteiger partial charge in [0.25, 0.3) is 0 Å². The second-order valence-electron chi connectivity index (χ2n) is 9.74. The van der Waals surface area contributed by atoms with E-state index in [2.05, 4.69) is 27.3 Å². The van der Waals surface area contributed by atoms with Gasteiger partial charge in [-0.25, -0.2) is 0 Å². The van der Waals surface area contributed by atoms with Gasteiger partial charge in [0.2, 0.25) is 0 Å². The van der Waals surface area contributed by atoms with E-state index in [1.165, 1.54) is 11.6 Å². The van der Waals surface area contributed by atoms with Gasteiger partial charge in [0.15, 0.2) is 0 Å². The molecule has 3 aromatic carbocycles.